The van der Waals surface area contributed by atoms with E-state index in [4.69, 9.17) is 10.7 Å². The van der Waals surface area contributed by atoms with Crippen LogP contribution in [0.4, 0.5) is 5.69 Å². The highest BCUT2D eigenvalue weighted by Crippen LogP contribution is 2.35. The fourth-order valence-corrected chi connectivity index (χ4v) is 5.44. The van der Waals surface area contributed by atoms with Crippen LogP contribution >= 0.6 is 0 Å². The maximum absolute atomic E-state index is 5.98. The molecule has 3 aliphatic rings. The lowest BCUT2D eigenvalue weighted by Gasteiger charge is -2.44. The molecule has 0 aliphatic carbocycles. The molecule has 6 rings (SSSR count). The smallest absolute Gasteiger partial charge is 0.199 e. The number of nitrogens with zero attached hydrogens (tertiary/aromatic N) is 4. The van der Waals surface area contributed by atoms with E-state index in [1.807, 2.05) is 36.3 Å². The summed E-state index contributed by atoms with van der Waals surface area (Å²) in [5.41, 5.74) is 11.4. The number of guanidine groups is 1. The summed E-state index contributed by atoms with van der Waals surface area (Å²) >= 11 is 0. The molecule has 2 aromatic carbocycles. The van der Waals surface area contributed by atoms with E-state index in [1.165, 1.54) is 12.0 Å². The normalized spacial score (nSPS) is 25.3. The average Bonchev–Trinajstić information content (AvgIpc) is 3.19. The van der Waals surface area contributed by atoms with E-state index < -0.39 is 0 Å². The summed E-state index contributed by atoms with van der Waals surface area (Å²) in [6, 6.07) is 14.7. The average molecular weight is 428 g/mol. The predicted octanol–water partition coefficient (Wildman–Crippen LogP) is 2.74. The Bertz CT molecular complexity index is 1190. The SMILES string of the molecule is Cn1ncc2cc(C3=CN=C(N4CC5CNCC(C5)C4)NC3c3ccc(N)cc3)ccc21. The van der Waals surface area contributed by atoms with Gasteiger partial charge in [0.25, 0.3) is 0 Å². The molecular weight excluding hydrogens is 398 g/mol. The summed E-state index contributed by atoms with van der Waals surface area (Å²) in [5.74, 6) is 2.37. The highest BCUT2D eigenvalue weighted by atomic mass is 15.3. The zero-order valence-electron chi connectivity index (χ0n) is 18.3. The molecule has 32 heavy (non-hydrogen) atoms. The number of fused-ring (bicyclic) bond motifs is 3. The van der Waals surface area contributed by atoms with E-state index in [-0.39, 0.29) is 6.04 Å². The number of aromatic nitrogens is 2. The lowest BCUT2D eigenvalue weighted by Crippen LogP contribution is -2.56. The number of anilines is 1. The van der Waals surface area contributed by atoms with Gasteiger partial charge in [0.15, 0.2) is 5.96 Å². The van der Waals surface area contributed by atoms with E-state index in [0.717, 1.165) is 59.9 Å². The second-order valence-electron chi connectivity index (χ2n) is 9.35. The maximum atomic E-state index is 5.98. The molecule has 0 radical (unpaired) electrons. The summed E-state index contributed by atoms with van der Waals surface area (Å²) in [5, 5.41) is 12.9. The number of benzene rings is 2. The lowest BCUT2D eigenvalue weighted by molar-refractivity contribution is 0.147. The van der Waals surface area contributed by atoms with Gasteiger partial charge in [-0.15, -0.1) is 0 Å². The van der Waals surface area contributed by atoms with Crippen LogP contribution in [0.25, 0.3) is 16.5 Å². The zero-order valence-corrected chi connectivity index (χ0v) is 18.3. The topological polar surface area (TPSA) is 83.5 Å². The van der Waals surface area contributed by atoms with E-state index >= 15 is 0 Å². The fraction of sp³-hybridized carbons (Fsp3) is 0.360. The molecular formula is C25H29N7. The molecule has 3 aromatic rings. The Morgan fingerprint density at radius 1 is 1.03 bits per heavy atom. The summed E-state index contributed by atoms with van der Waals surface area (Å²) in [4.78, 5) is 7.37. The van der Waals surface area contributed by atoms with Crippen molar-refractivity contribution in [3.05, 3.63) is 66.0 Å². The van der Waals surface area contributed by atoms with Gasteiger partial charge in [-0.05, 0) is 66.7 Å². The van der Waals surface area contributed by atoms with Crippen LogP contribution in [-0.2, 0) is 7.05 Å². The predicted molar refractivity (Wildman–Crippen MR) is 129 cm³/mol. The molecule has 4 N–H and O–H groups in total. The molecule has 3 aliphatic heterocycles. The second-order valence-corrected chi connectivity index (χ2v) is 9.35. The van der Waals surface area contributed by atoms with Gasteiger partial charge in [0.2, 0.25) is 0 Å². The first kappa shape index (κ1) is 19.4. The number of piperidine rings is 2. The van der Waals surface area contributed by atoms with Crippen LogP contribution in [0.2, 0.25) is 0 Å². The van der Waals surface area contributed by atoms with Gasteiger partial charge in [-0.25, -0.2) is 4.99 Å². The van der Waals surface area contributed by atoms with Crippen LogP contribution < -0.4 is 16.4 Å². The maximum Gasteiger partial charge on any atom is 0.199 e. The van der Waals surface area contributed by atoms with E-state index in [2.05, 4.69) is 51.0 Å². The second kappa shape index (κ2) is 7.67. The number of nitrogens with one attached hydrogen (secondary N) is 2. The highest BCUT2D eigenvalue weighted by molar-refractivity contribution is 5.90. The minimum absolute atomic E-state index is 0.0112. The minimum Gasteiger partial charge on any atom is -0.399 e. The Labute approximate surface area is 188 Å². The molecule has 0 spiro atoms. The van der Waals surface area contributed by atoms with Gasteiger partial charge < -0.3 is 21.3 Å². The lowest BCUT2D eigenvalue weighted by atomic mass is 9.86. The number of aliphatic imine (C=N–C) groups is 1. The molecule has 1 aromatic heterocycles. The molecule has 0 saturated carbocycles. The van der Waals surface area contributed by atoms with Crippen LogP contribution in [0.15, 0.2) is 59.9 Å². The first-order valence-corrected chi connectivity index (χ1v) is 11.4. The monoisotopic (exact) mass is 427 g/mol. The standard InChI is InChI=1S/C25H29N7/c1-31-23-7-4-19(9-20(23)12-29-31)22-13-28-25(30-24(22)18-2-5-21(26)6-3-18)32-14-16-8-17(15-32)11-27-10-16/h2-7,9,12-13,16-17,24,27H,8,10-11,14-15,26H2,1H3,(H,28,30). The zero-order chi connectivity index (χ0) is 21.7. The van der Waals surface area contributed by atoms with Crippen molar-refractivity contribution in [1.82, 2.24) is 25.3 Å². The van der Waals surface area contributed by atoms with Gasteiger partial charge in [0.05, 0.1) is 17.8 Å². The largest absolute Gasteiger partial charge is 0.399 e. The molecule has 7 nitrogen and oxygen atoms in total. The molecule has 4 heterocycles. The molecule has 164 valence electrons. The first-order valence-electron chi connectivity index (χ1n) is 11.4. The molecule has 2 saturated heterocycles. The minimum atomic E-state index is 0.0112. The third-order valence-electron chi connectivity index (χ3n) is 7.05. The summed E-state index contributed by atoms with van der Waals surface area (Å²) in [6.45, 7) is 4.31. The van der Waals surface area contributed by atoms with Crippen molar-refractivity contribution in [2.45, 2.75) is 12.5 Å². The van der Waals surface area contributed by atoms with E-state index in [0.29, 0.717) is 11.8 Å². The van der Waals surface area contributed by atoms with Crippen molar-refractivity contribution >= 4 is 28.1 Å². The summed E-state index contributed by atoms with van der Waals surface area (Å²) in [7, 11) is 1.97. The van der Waals surface area contributed by atoms with Gasteiger partial charge in [-0.1, -0.05) is 18.2 Å². The number of aryl methyl sites for hydroxylation is 1. The van der Waals surface area contributed by atoms with Crippen LogP contribution in [0.5, 0.6) is 0 Å². The molecule has 2 fully saturated rings. The van der Waals surface area contributed by atoms with Crippen molar-refractivity contribution in [3.63, 3.8) is 0 Å². The van der Waals surface area contributed by atoms with Crippen molar-refractivity contribution in [2.24, 2.45) is 23.9 Å². The number of hydrogen-bond acceptors (Lipinski definition) is 6. The van der Waals surface area contributed by atoms with E-state index in [9.17, 15) is 0 Å². The molecule has 7 heteroatoms. The van der Waals surface area contributed by atoms with Gasteiger partial charge >= 0.3 is 0 Å². The summed E-state index contributed by atoms with van der Waals surface area (Å²) < 4.78 is 1.91. The molecule has 0 amide bonds. The van der Waals surface area contributed by atoms with Gasteiger partial charge in [-0.2, -0.15) is 5.10 Å². The third kappa shape index (κ3) is 3.42. The number of nitrogens with two attached hydrogens (primary N) is 1. The number of nitrogen functional groups attached to an aromatic ring is 1. The van der Waals surface area contributed by atoms with Gasteiger partial charge in [0.1, 0.15) is 0 Å². The van der Waals surface area contributed by atoms with Crippen molar-refractivity contribution in [3.8, 4) is 0 Å². The van der Waals surface area contributed by atoms with Crippen molar-refractivity contribution < 1.29 is 0 Å². The third-order valence-corrected chi connectivity index (χ3v) is 7.05. The Hall–Kier alpha value is -3.32. The van der Waals surface area contributed by atoms with Crippen LogP contribution in [-0.4, -0.2) is 46.8 Å². The van der Waals surface area contributed by atoms with Gasteiger partial charge in [-0.3, -0.25) is 4.68 Å². The molecule has 3 atom stereocenters. The Balaban J connectivity index is 1.38. The Kier molecular flexibility index (Phi) is 4.64. The quantitative estimate of drug-likeness (QED) is 0.548. The highest BCUT2D eigenvalue weighted by Gasteiger charge is 2.34. The van der Waals surface area contributed by atoms with Crippen molar-refractivity contribution in [2.75, 3.05) is 31.9 Å². The first-order chi connectivity index (χ1) is 15.6. The number of rotatable bonds is 2. The number of hydrogen-bond donors (Lipinski definition) is 3. The fourth-order valence-electron chi connectivity index (χ4n) is 5.44. The molecule has 2 bridgehead atoms. The van der Waals surface area contributed by atoms with Crippen LogP contribution in [0.1, 0.15) is 23.6 Å². The van der Waals surface area contributed by atoms with E-state index in [1.54, 1.807) is 0 Å². The van der Waals surface area contributed by atoms with Crippen molar-refractivity contribution in [1.29, 1.82) is 0 Å². The summed E-state index contributed by atoms with van der Waals surface area (Å²) in [6.07, 6.45) is 5.29. The Morgan fingerprint density at radius 2 is 1.81 bits per heavy atom. The Morgan fingerprint density at radius 3 is 2.59 bits per heavy atom. The number of likely N-dealkylation sites (tertiary alicyclic amines) is 1. The van der Waals surface area contributed by atoms with Crippen LogP contribution in [0.3, 0.4) is 0 Å². The van der Waals surface area contributed by atoms with Crippen LogP contribution in [0, 0.1) is 11.8 Å². The van der Waals surface area contributed by atoms with Gasteiger partial charge in [0, 0.05) is 43.0 Å². The molecule has 3 unspecified atom stereocenters.